The number of aromatic nitrogens is 2. The summed E-state index contributed by atoms with van der Waals surface area (Å²) in [6.45, 7) is 4.51. The van der Waals surface area contributed by atoms with Crippen LogP contribution in [-0.2, 0) is 9.47 Å². The van der Waals surface area contributed by atoms with Gasteiger partial charge in [0.2, 0.25) is 11.8 Å². The van der Waals surface area contributed by atoms with E-state index in [0.29, 0.717) is 73.3 Å². The summed E-state index contributed by atoms with van der Waals surface area (Å²) in [5.41, 5.74) is 4.78. The van der Waals surface area contributed by atoms with Crippen LogP contribution in [0.25, 0.3) is 66.7 Å². The third-order valence-electron chi connectivity index (χ3n) is 8.64. The van der Waals surface area contributed by atoms with Crippen molar-refractivity contribution in [1.29, 1.82) is 0 Å². The lowest BCUT2D eigenvalue weighted by atomic mass is 10.1. The van der Waals surface area contributed by atoms with Crippen LogP contribution in [0.3, 0.4) is 0 Å². The summed E-state index contributed by atoms with van der Waals surface area (Å²) in [4.78, 5) is 33.6. The Kier molecular flexibility index (Phi) is 8.32. The molecule has 0 amide bonds. The Balaban J connectivity index is 1.06. The molecule has 0 bridgehead atoms. The summed E-state index contributed by atoms with van der Waals surface area (Å²) in [6, 6.07) is 33.6. The van der Waals surface area contributed by atoms with Crippen molar-refractivity contribution in [2.24, 2.45) is 0 Å². The van der Waals surface area contributed by atoms with E-state index in [-0.39, 0.29) is 13.2 Å². The second-order valence-electron chi connectivity index (χ2n) is 12.1. The number of fused-ring (bicyclic) bond motifs is 4. The molecule has 0 saturated heterocycles. The average Bonchev–Trinajstić information content (AvgIpc) is 3.81. The minimum atomic E-state index is -0.458. The first-order chi connectivity index (χ1) is 25.4. The quantitative estimate of drug-likeness (QED) is 0.101. The number of carbonyl (C=O) groups excluding carboxylic acids is 2. The Morgan fingerprint density at radius 3 is 1.38 bits per heavy atom. The van der Waals surface area contributed by atoms with Crippen molar-refractivity contribution in [1.82, 2.24) is 9.97 Å². The highest BCUT2D eigenvalue weighted by Gasteiger charge is 2.19. The van der Waals surface area contributed by atoms with Crippen molar-refractivity contribution in [2.45, 2.75) is 0 Å². The Hall–Kier alpha value is -6.94. The maximum Gasteiger partial charge on any atom is 0.337 e. The van der Waals surface area contributed by atoms with Crippen LogP contribution in [0.5, 0.6) is 11.5 Å². The zero-order valence-electron chi connectivity index (χ0n) is 28.2. The summed E-state index contributed by atoms with van der Waals surface area (Å²) >= 11 is 0. The minimum Gasteiger partial charge on any atom is -0.488 e. The highest BCUT2D eigenvalue weighted by atomic mass is 16.5. The van der Waals surface area contributed by atoms with Crippen molar-refractivity contribution in [3.05, 3.63) is 132 Å². The van der Waals surface area contributed by atoms with Gasteiger partial charge in [-0.1, -0.05) is 55.1 Å². The molecular formula is C42H30N2O8. The predicted molar refractivity (Wildman–Crippen MR) is 197 cm³/mol. The Morgan fingerprint density at radius 1 is 0.577 bits per heavy atom. The van der Waals surface area contributed by atoms with Crippen LogP contribution in [0.1, 0.15) is 20.7 Å². The SMILES string of the molecule is C=C(COc1cc2ccccc2cc1-c1nc2cc(C(=O)OC)ccc2o1)COc1cc2ccccc2cc1-c1nc2cc(C(=O)OC)ccc2o1. The van der Waals surface area contributed by atoms with Gasteiger partial charge in [0, 0.05) is 0 Å². The first-order valence-corrected chi connectivity index (χ1v) is 16.3. The van der Waals surface area contributed by atoms with Crippen LogP contribution in [-0.4, -0.2) is 49.3 Å². The number of methoxy groups -OCH3 is 2. The van der Waals surface area contributed by atoms with Crippen molar-refractivity contribution >= 4 is 55.7 Å². The zero-order chi connectivity index (χ0) is 35.8. The smallest absolute Gasteiger partial charge is 0.337 e. The van der Waals surface area contributed by atoms with Gasteiger partial charge in [0.25, 0.3) is 0 Å². The van der Waals surface area contributed by atoms with Crippen molar-refractivity contribution in [3.8, 4) is 34.4 Å². The molecule has 10 heteroatoms. The molecule has 0 aliphatic heterocycles. The molecule has 0 fully saturated rings. The summed E-state index contributed by atoms with van der Waals surface area (Å²) < 4.78 is 34.7. The number of rotatable bonds is 10. The van der Waals surface area contributed by atoms with Gasteiger partial charge in [-0.15, -0.1) is 0 Å². The van der Waals surface area contributed by atoms with Crippen molar-refractivity contribution < 1.29 is 37.4 Å². The number of benzene rings is 6. The normalized spacial score (nSPS) is 11.3. The van der Waals surface area contributed by atoms with E-state index >= 15 is 0 Å². The maximum absolute atomic E-state index is 12.1. The third kappa shape index (κ3) is 6.18. The van der Waals surface area contributed by atoms with Crippen LogP contribution in [0, 0.1) is 0 Å². The largest absolute Gasteiger partial charge is 0.488 e. The molecule has 0 aliphatic carbocycles. The maximum atomic E-state index is 12.1. The fraction of sp³-hybridized carbons (Fsp3) is 0.0952. The fourth-order valence-corrected chi connectivity index (χ4v) is 5.99. The Bertz CT molecular complexity index is 2510. The monoisotopic (exact) mass is 690 g/mol. The van der Waals surface area contributed by atoms with Gasteiger partial charge in [-0.3, -0.25) is 0 Å². The van der Waals surface area contributed by atoms with Crippen LogP contribution in [0.2, 0.25) is 0 Å². The molecule has 0 spiro atoms. The molecule has 8 aromatic rings. The van der Waals surface area contributed by atoms with Gasteiger partial charge < -0.3 is 27.8 Å². The van der Waals surface area contributed by atoms with E-state index in [1.165, 1.54) is 14.2 Å². The number of hydrogen-bond acceptors (Lipinski definition) is 10. The molecule has 2 aromatic heterocycles. The molecule has 0 aliphatic rings. The van der Waals surface area contributed by atoms with Crippen LogP contribution in [0.4, 0.5) is 0 Å². The van der Waals surface area contributed by atoms with E-state index in [4.69, 9.17) is 27.8 Å². The van der Waals surface area contributed by atoms with E-state index in [1.807, 2.05) is 72.8 Å². The lowest BCUT2D eigenvalue weighted by Gasteiger charge is -2.15. The van der Waals surface area contributed by atoms with Gasteiger partial charge in [-0.25, -0.2) is 19.6 Å². The van der Waals surface area contributed by atoms with Crippen LogP contribution < -0.4 is 9.47 Å². The van der Waals surface area contributed by atoms with E-state index < -0.39 is 11.9 Å². The van der Waals surface area contributed by atoms with Gasteiger partial charge in [-0.2, -0.15) is 0 Å². The number of hydrogen-bond donors (Lipinski definition) is 0. The third-order valence-corrected chi connectivity index (χ3v) is 8.64. The fourth-order valence-electron chi connectivity index (χ4n) is 5.99. The highest BCUT2D eigenvalue weighted by Crippen LogP contribution is 2.38. The van der Waals surface area contributed by atoms with E-state index in [0.717, 1.165) is 21.5 Å². The van der Waals surface area contributed by atoms with Crippen LogP contribution in [0.15, 0.2) is 130 Å². The first kappa shape index (κ1) is 32.3. The lowest BCUT2D eigenvalue weighted by Crippen LogP contribution is -2.09. The van der Waals surface area contributed by atoms with Gasteiger partial charge >= 0.3 is 11.9 Å². The van der Waals surface area contributed by atoms with Crippen LogP contribution >= 0.6 is 0 Å². The summed E-state index contributed by atoms with van der Waals surface area (Å²) in [5, 5.41) is 3.92. The number of oxazole rings is 2. The second-order valence-corrected chi connectivity index (χ2v) is 12.1. The Labute approximate surface area is 296 Å². The van der Waals surface area contributed by atoms with E-state index in [1.54, 1.807) is 36.4 Å². The predicted octanol–water partition coefficient (Wildman–Crippen LogP) is 9.20. The highest BCUT2D eigenvalue weighted by molar-refractivity contribution is 5.96. The topological polar surface area (TPSA) is 123 Å². The molecule has 0 radical (unpaired) electrons. The number of ether oxygens (including phenoxy) is 4. The second kappa shape index (κ2) is 13.4. The first-order valence-electron chi connectivity index (χ1n) is 16.3. The minimum absolute atomic E-state index is 0.139. The van der Waals surface area contributed by atoms with Gasteiger partial charge in [-0.05, 0) is 87.8 Å². The molecule has 0 saturated carbocycles. The van der Waals surface area contributed by atoms with E-state index in [9.17, 15) is 9.59 Å². The molecular weight excluding hydrogens is 660 g/mol. The molecule has 0 atom stereocenters. The number of nitrogens with zero attached hydrogens (tertiary/aromatic N) is 2. The van der Waals surface area contributed by atoms with Crippen molar-refractivity contribution in [2.75, 3.05) is 27.4 Å². The molecule has 8 rings (SSSR count). The van der Waals surface area contributed by atoms with Crippen molar-refractivity contribution in [3.63, 3.8) is 0 Å². The van der Waals surface area contributed by atoms with Gasteiger partial charge in [0.15, 0.2) is 11.2 Å². The summed E-state index contributed by atoms with van der Waals surface area (Å²) in [7, 11) is 2.67. The standard InChI is InChI=1S/C42H30N2O8/c1-24(22-49-37-20-27-10-6-4-8-25(27)16-31(37)39-43-33-18-29(41(45)47-2)12-14-35(33)51-39)23-50-38-21-28-11-7-5-9-26(28)17-32(38)40-44-34-19-30(42(46)48-3)13-15-36(34)52-40/h4-21H,1,22-23H2,2-3H3. The number of carbonyl (C=O) groups is 2. The molecule has 52 heavy (non-hydrogen) atoms. The zero-order valence-corrected chi connectivity index (χ0v) is 28.2. The number of esters is 2. The Morgan fingerprint density at radius 2 is 0.981 bits per heavy atom. The van der Waals surface area contributed by atoms with Gasteiger partial charge in [0.1, 0.15) is 35.7 Å². The molecule has 10 nitrogen and oxygen atoms in total. The molecule has 256 valence electrons. The van der Waals surface area contributed by atoms with E-state index in [2.05, 4.69) is 16.5 Å². The molecule has 0 unspecified atom stereocenters. The summed E-state index contributed by atoms with van der Waals surface area (Å²) in [6.07, 6.45) is 0. The summed E-state index contributed by atoms with van der Waals surface area (Å²) in [5.74, 6) is 0.865. The molecule has 0 N–H and O–H groups in total. The van der Waals surface area contributed by atoms with Gasteiger partial charge in [0.05, 0.1) is 36.5 Å². The average molecular weight is 691 g/mol. The molecule has 6 aromatic carbocycles. The molecule has 2 heterocycles. The lowest BCUT2D eigenvalue weighted by molar-refractivity contribution is 0.0592.